The van der Waals surface area contributed by atoms with Crippen LogP contribution in [0.2, 0.25) is 0 Å². The van der Waals surface area contributed by atoms with E-state index in [9.17, 15) is 9.59 Å². The molecule has 74 valence electrons. The first-order chi connectivity index (χ1) is 6.13. The average molecular weight is 186 g/mol. The van der Waals surface area contributed by atoms with E-state index in [4.69, 9.17) is 0 Å². The van der Waals surface area contributed by atoms with Crippen molar-refractivity contribution in [2.24, 2.45) is 0 Å². The van der Waals surface area contributed by atoms with Crippen LogP contribution in [0.15, 0.2) is 0 Å². The normalized spacial score (nSPS) is 22.9. The van der Waals surface area contributed by atoms with Gasteiger partial charge in [-0.25, -0.2) is 5.01 Å². The van der Waals surface area contributed by atoms with Gasteiger partial charge in [-0.15, -0.1) is 0 Å². The van der Waals surface area contributed by atoms with Crippen molar-refractivity contribution in [2.75, 3.05) is 27.2 Å². The third kappa shape index (κ3) is 2.67. The van der Waals surface area contributed by atoms with Gasteiger partial charge in [-0.05, 0) is 7.05 Å². The maximum atomic E-state index is 11.1. The fraction of sp³-hybridized carbons (Fsp3) is 0.714. The number of likely N-dealkylation sites (N-methyl/N-ethyl adjacent to an activating group) is 2. The van der Waals surface area contributed by atoms with Crippen LogP contribution < -0.4 is 16.1 Å². The Morgan fingerprint density at radius 1 is 1.77 bits per heavy atom. The first-order valence-electron chi connectivity index (χ1n) is 4.09. The van der Waals surface area contributed by atoms with E-state index in [0.29, 0.717) is 6.54 Å². The van der Waals surface area contributed by atoms with Crippen molar-refractivity contribution >= 4 is 11.8 Å². The Kier molecular flexibility index (Phi) is 3.21. The molecule has 2 amide bonds. The van der Waals surface area contributed by atoms with Crippen molar-refractivity contribution in [3.8, 4) is 0 Å². The zero-order chi connectivity index (χ0) is 9.84. The quantitative estimate of drug-likeness (QED) is 0.462. The number of nitrogens with zero attached hydrogens (tertiary/aromatic N) is 1. The molecule has 0 bridgehead atoms. The smallest absolute Gasteiger partial charge is 0.258 e. The van der Waals surface area contributed by atoms with Gasteiger partial charge in [0.15, 0.2) is 0 Å². The highest BCUT2D eigenvalue weighted by molar-refractivity contribution is 5.89. The molecule has 0 aromatic rings. The van der Waals surface area contributed by atoms with Gasteiger partial charge in [-0.2, -0.15) is 0 Å². The molecule has 3 N–H and O–H groups in total. The number of rotatable bonds is 3. The van der Waals surface area contributed by atoms with E-state index in [1.54, 1.807) is 19.1 Å². The van der Waals surface area contributed by atoms with E-state index < -0.39 is 6.04 Å². The van der Waals surface area contributed by atoms with Gasteiger partial charge in [0.25, 0.3) is 5.91 Å². The summed E-state index contributed by atoms with van der Waals surface area (Å²) < 4.78 is 0. The van der Waals surface area contributed by atoms with E-state index in [-0.39, 0.29) is 18.4 Å². The molecule has 0 aromatic carbocycles. The van der Waals surface area contributed by atoms with Gasteiger partial charge in [0.2, 0.25) is 5.91 Å². The Morgan fingerprint density at radius 2 is 2.46 bits per heavy atom. The predicted octanol–water partition coefficient (Wildman–Crippen LogP) is -2.33. The molecule has 1 rings (SSSR count). The van der Waals surface area contributed by atoms with Crippen LogP contribution in [-0.2, 0) is 9.59 Å². The van der Waals surface area contributed by atoms with Gasteiger partial charge in [-0.3, -0.25) is 15.0 Å². The van der Waals surface area contributed by atoms with Crippen LogP contribution in [0.3, 0.4) is 0 Å². The van der Waals surface area contributed by atoms with E-state index in [1.165, 1.54) is 0 Å². The molecule has 1 aliphatic rings. The minimum atomic E-state index is -0.425. The summed E-state index contributed by atoms with van der Waals surface area (Å²) in [5.74, 6) is -0.329. The second-order valence-corrected chi connectivity index (χ2v) is 3.01. The zero-order valence-electron chi connectivity index (χ0n) is 7.76. The third-order valence-electron chi connectivity index (χ3n) is 1.75. The number of hydrazine groups is 1. The Hall–Kier alpha value is -1.14. The second-order valence-electron chi connectivity index (χ2n) is 3.01. The molecule has 0 aliphatic carbocycles. The van der Waals surface area contributed by atoms with Gasteiger partial charge >= 0.3 is 0 Å². The molecule has 6 nitrogen and oxygen atoms in total. The lowest BCUT2D eigenvalue weighted by Crippen LogP contribution is -2.44. The summed E-state index contributed by atoms with van der Waals surface area (Å²) in [6, 6.07) is -0.425. The highest BCUT2D eigenvalue weighted by Crippen LogP contribution is 1.96. The van der Waals surface area contributed by atoms with E-state index >= 15 is 0 Å². The molecule has 6 heteroatoms. The predicted molar refractivity (Wildman–Crippen MR) is 46.6 cm³/mol. The van der Waals surface area contributed by atoms with Gasteiger partial charge < -0.3 is 10.6 Å². The van der Waals surface area contributed by atoms with Crippen molar-refractivity contribution in [3.63, 3.8) is 0 Å². The summed E-state index contributed by atoms with van der Waals surface area (Å²) in [5.41, 5.74) is 2.57. The molecule has 1 aliphatic heterocycles. The van der Waals surface area contributed by atoms with E-state index in [1.807, 2.05) is 0 Å². The summed E-state index contributed by atoms with van der Waals surface area (Å²) in [7, 11) is 3.43. The lowest BCUT2D eigenvalue weighted by molar-refractivity contribution is -0.127. The number of carbonyl (C=O) groups is 2. The highest BCUT2D eigenvalue weighted by atomic mass is 16.2. The molecule has 13 heavy (non-hydrogen) atoms. The first kappa shape index (κ1) is 9.94. The summed E-state index contributed by atoms with van der Waals surface area (Å²) >= 11 is 0. The number of carbonyl (C=O) groups excluding carboxylic acids is 2. The largest absolute Gasteiger partial charge is 0.342 e. The standard InChI is InChI=1S/C7H14N4O2/c1-8-3-6(12)9-5-4-11(2)10-7(5)13/h5,8H,3-4H2,1-2H3,(H,9,12)(H,10,13). The van der Waals surface area contributed by atoms with Crippen LogP contribution in [0.1, 0.15) is 0 Å². The lowest BCUT2D eigenvalue weighted by Gasteiger charge is -2.08. The van der Waals surface area contributed by atoms with Crippen LogP contribution in [-0.4, -0.2) is 50.0 Å². The maximum Gasteiger partial charge on any atom is 0.258 e. The van der Waals surface area contributed by atoms with Gasteiger partial charge in [0.05, 0.1) is 6.54 Å². The molecule has 0 radical (unpaired) electrons. The Labute approximate surface area is 76.6 Å². The van der Waals surface area contributed by atoms with E-state index in [2.05, 4.69) is 16.1 Å². The van der Waals surface area contributed by atoms with Crippen molar-refractivity contribution in [1.29, 1.82) is 0 Å². The molecular weight excluding hydrogens is 172 g/mol. The summed E-state index contributed by atoms with van der Waals surface area (Å²) in [6.07, 6.45) is 0. The lowest BCUT2D eigenvalue weighted by atomic mass is 10.3. The third-order valence-corrected chi connectivity index (χ3v) is 1.75. The molecule has 1 fully saturated rings. The molecule has 0 saturated carbocycles. The number of hydrogen-bond acceptors (Lipinski definition) is 4. The molecule has 1 atom stereocenters. The minimum Gasteiger partial charge on any atom is -0.342 e. The fourth-order valence-electron chi connectivity index (χ4n) is 1.19. The van der Waals surface area contributed by atoms with Gasteiger partial charge in [0.1, 0.15) is 6.04 Å². The number of hydrogen-bond donors (Lipinski definition) is 3. The van der Waals surface area contributed by atoms with Crippen molar-refractivity contribution < 1.29 is 9.59 Å². The fourth-order valence-corrected chi connectivity index (χ4v) is 1.19. The van der Waals surface area contributed by atoms with Crippen molar-refractivity contribution in [2.45, 2.75) is 6.04 Å². The molecule has 1 saturated heterocycles. The summed E-state index contributed by atoms with van der Waals surface area (Å²) in [4.78, 5) is 22.2. The second kappa shape index (κ2) is 4.20. The van der Waals surface area contributed by atoms with Gasteiger partial charge in [-0.1, -0.05) is 0 Å². The minimum absolute atomic E-state index is 0.160. The SMILES string of the molecule is CNCC(=O)NC1CN(C)NC1=O. The van der Waals surface area contributed by atoms with Crippen LogP contribution in [0.4, 0.5) is 0 Å². The van der Waals surface area contributed by atoms with Crippen LogP contribution in [0.5, 0.6) is 0 Å². The first-order valence-corrected chi connectivity index (χ1v) is 4.09. The Balaban J connectivity index is 2.37. The highest BCUT2D eigenvalue weighted by Gasteiger charge is 2.28. The topological polar surface area (TPSA) is 73.5 Å². The Bertz CT molecular complexity index is 219. The van der Waals surface area contributed by atoms with Crippen LogP contribution in [0.25, 0.3) is 0 Å². The Morgan fingerprint density at radius 3 is 2.92 bits per heavy atom. The van der Waals surface area contributed by atoms with Crippen molar-refractivity contribution in [1.82, 2.24) is 21.1 Å². The zero-order valence-corrected chi connectivity index (χ0v) is 7.76. The maximum absolute atomic E-state index is 11.1. The summed E-state index contributed by atoms with van der Waals surface area (Å²) in [6.45, 7) is 0.738. The molecular formula is C7H14N4O2. The molecule has 1 heterocycles. The number of amides is 2. The average Bonchev–Trinajstić information content (AvgIpc) is 2.30. The van der Waals surface area contributed by atoms with E-state index in [0.717, 1.165) is 0 Å². The molecule has 1 unspecified atom stereocenters. The number of nitrogens with one attached hydrogen (secondary N) is 3. The molecule has 0 spiro atoms. The van der Waals surface area contributed by atoms with Gasteiger partial charge in [0, 0.05) is 13.6 Å². The van der Waals surface area contributed by atoms with Crippen LogP contribution >= 0.6 is 0 Å². The van der Waals surface area contributed by atoms with Crippen LogP contribution in [0, 0.1) is 0 Å². The monoisotopic (exact) mass is 186 g/mol. The van der Waals surface area contributed by atoms with Crippen molar-refractivity contribution in [3.05, 3.63) is 0 Å². The molecule has 0 aromatic heterocycles. The summed E-state index contributed by atoms with van der Waals surface area (Å²) in [5, 5.41) is 6.96.